The molecule has 21 heavy (non-hydrogen) atoms. The fourth-order valence-electron chi connectivity index (χ4n) is 1.97. The molecule has 0 aliphatic heterocycles. The van der Waals surface area contributed by atoms with Crippen molar-refractivity contribution in [2.24, 2.45) is 0 Å². The topological polar surface area (TPSA) is 38.3 Å². The zero-order valence-electron chi connectivity index (χ0n) is 11.5. The highest BCUT2D eigenvalue weighted by atomic mass is 35.5. The van der Waals surface area contributed by atoms with Crippen LogP contribution < -0.4 is 10.1 Å². The van der Waals surface area contributed by atoms with Gasteiger partial charge in [0.2, 0.25) is 5.91 Å². The van der Waals surface area contributed by atoms with E-state index in [1.165, 1.54) is 0 Å². The predicted molar refractivity (Wildman–Crippen MR) is 85.0 cm³/mol. The first-order chi connectivity index (χ1) is 10.1. The largest absolute Gasteiger partial charge is 0.496 e. The van der Waals surface area contributed by atoms with E-state index < -0.39 is 0 Å². The van der Waals surface area contributed by atoms with Gasteiger partial charge >= 0.3 is 0 Å². The molecular weight excluding hydrogens is 309 g/mol. The first-order valence-electron chi connectivity index (χ1n) is 6.42. The molecule has 0 fully saturated rings. The zero-order valence-corrected chi connectivity index (χ0v) is 13.0. The van der Waals surface area contributed by atoms with Crippen molar-refractivity contribution < 1.29 is 9.53 Å². The maximum absolute atomic E-state index is 12.0. The fraction of sp³-hybridized carbons (Fsp3) is 0.188. The Labute approximate surface area is 133 Å². The lowest BCUT2D eigenvalue weighted by atomic mass is 10.1. The third-order valence-electron chi connectivity index (χ3n) is 2.97. The minimum atomic E-state index is -0.101. The van der Waals surface area contributed by atoms with E-state index in [1.54, 1.807) is 31.4 Å². The molecule has 2 aromatic carbocycles. The van der Waals surface area contributed by atoms with Gasteiger partial charge in [-0.2, -0.15) is 0 Å². The normalized spacial score (nSPS) is 10.2. The maximum atomic E-state index is 12.0. The van der Waals surface area contributed by atoms with Crippen molar-refractivity contribution >= 4 is 29.1 Å². The van der Waals surface area contributed by atoms with Crippen molar-refractivity contribution in [1.29, 1.82) is 0 Å². The van der Waals surface area contributed by atoms with Gasteiger partial charge in [-0.05, 0) is 35.9 Å². The second-order valence-corrected chi connectivity index (χ2v) is 5.41. The number of carbonyl (C=O) groups excluding carboxylic acids is 1. The van der Waals surface area contributed by atoms with Crippen molar-refractivity contribution in [1.82, 2.24) is 5.32 Å². The molecule has 0 radical (unpaired) electrons. The second-order valence-electron chi connectivity index (χ2n) is 4.54. The van der Waals surface area contributed by atoms with Crippen molar-refractivity contribution in [3.05, 3.63) is 63.6 Å². The third kappa shape index (κ3) is 4.66. The quantitative estimate of drug-likeness (QED) is 0.907. The summed E-state index contributed by atoms with van der Waals surface area (Å²) < 4.78 is 5.22. The molecule has 0 spiro atoms. The molecule has 5 heteroatoms. The minimum Gasteiger partial charge on any atom is -0.496 e. The summed E-state index contributed by atoms with van der Waals surface area (Å²) in [6.45, 7) is 0.433. The summed E-state index contributed by atoms with van der Waals surface area (Å²) in [5.74, 6) is 0.549. The Kier molecular flexibility index (Phi) is 5.48. The van der Waals surface area contributed by atoms with Gasteiger partial charge in [-0.3, -0.25) is 4.79 Å². The van der Waals surface area contributed by atoms with Gasteiger partial charge in [-0.15, -0.1) is 0 Å². The van der Waals surface area contributed by atoms with E-state index in [2.05, 4.69) is 5.32 Å². The number of ether oxygens (including phenoxy) is 1. The molecule has 0 saturated heterocycles. The number of benzene rings is 2. The Balaban J connectivity index is 1.97. The van der Waals surface area contributed by atoms with Crippen LogP contribution in [0.2, 0.25) is 10.0 Å². The lowest BCUT2D eigenvalue weighted by Crippen LogP contribution is -2.24. The van der Waals surface area contributed by atoms with Crippen LogP contribution in [0.5, 0.6) is 5.75 Å². The van der Waals surface area contributed by atoms with Crippen LogP contribution in [0.3, 0.4) is 0 Å². The first-order valence-corrected chi connectivity index (χ1v) is 7.17. The number of hydrogen-bond donors (Lipinski definition) is 1. The van der Waals surface area contributed by atoms with E-state index in [0.29, 0.717) is 22.3 Å². The van der Waals surface area contributed by atoms with Gasteiger partial charge in [0.05, 0.1) is 13.5 Å². The van der Waals surface area contributed by atoms with Crippen molar-refractivity contribution in [3.8, 4) is 5.75 Å². The Morgan fingerprint density at radius 1 is 1.14 bits per heavy atom. The summed E-state index contributed by atoms with van der Waals surface area (Å²) >= 11 is 11.8. The summed E-state index contributed by atoms with van der Waals surface area (Å²) in [6, 6.07) is 12.6. The highest BCUT2D eigenvalue weighted by Crippen LogP contribution is 2.23. The molecule has 0 aromatic heterocycles. The number of methoxy groups -OCH3 is 1. The summed E-state index contributed by atoms with van der Waals surface area (Å²) in [6.07, 6.45) is 0.213. The SMILES string of the molecule is COc1ccc(Cl)cc1CC(=O)NCc1cccc(Cl)c1. The number of nitrogens with one attached hydrogen (secondary N) is 1. The molecule has 0 heterocycles. The van der Waals surface area contributed by atoms with E-state index >= 15 is 0 Å². The molecule has 2 rings (SSSR count). The molecule has 1 N–H and O–H groups in total. The molecule has 0 aliphatic carbocycles. The van der Waals surface area contributed by atoms with Gasteiger partial charge in [0.15, 0.2) is 0 Å². The number of rotatable bonds is 5. The molecule has 0 aliphatic rings. The van der Waals surface area contributed by atoms with E-state index in [4.69, 9.17) is 27.9 Å². The molecule has 0 saturated carbocycles. The van der Waals surface area contributed by atoms with Crippen molar-refractivity contribution in [2.45, 2.75) is 13.0 Å². The fourth-order valence-corrected chi connectivity index (χ4v) is 2.38. The molecular formula is C16H15Cl2NO2. The summed E-state index contributed by atoms with van der Waals surface area (Å²) in [5.41, 5.74) is 1.71. The van der Waals surface area contributed by atoms with Gasteiger partial charge in [0.1, 0.15) is 5.75 Å². The van der Waals surface area contributed by atoms with E-state index in [-0.39, 0.29) is 12.3 Å². The first kappa shape index (κ1) is 15.7. The molecule has 3 nitrogen and oxygen atoms in total. The second kappa shape index (κ2) is 7.34. The smallest absolute Gasteiger partial charge is 0.224 e. The minimum absolute atomic E-state index is 0.101. The number of halogens is 2. The Bertz CT molecular complexity index is 644. The van der Waals surface area contributed by atoms with E-state index in [1.807, 2.05) is 18.2 Å². The molecule has 0 bridgehead atoms. The Morgan fingerprint density at radius 3 is 2.62 bits per heavy atom. The molecule has 110 valence electrons. The van der Waals surface area contributed by atoms with Gasteiger partial charge in [0, 0.05) is 22.2 Å². The number of carbonyl (C=O) groups is 1. The average molecular weight is 324 g/mol. The highest BCUT2D eigenvalue weighted by Gasteiger charge is 2.09. The van der Waals surface area contributed by atoms with Crippen LogP contribution in [0.25, 0.3) is 0 Å². The summed E-state index contributed by atoms with van der Waals surface area (Å²) in [4.78, 5) is 12.0. The molecule has 2 aromatic rings. The van der Waals surface area contributed by atoms with Crippen LogP contribution in [0, 0.1) is 0 Å². The molecule has 0 unspecified atom stereocenters. The molecule has 1 amide bonds. The number of hydrogen-bond acceptors (Lipinski definition) is 2. The van der Waals surface area contributed by atoms with Crippen molar-refractivity contribution in [3.63, 3.8) is 0 Å². The van der Waals surface area contributed by atoms with Crippen molar-refractivity contribution in [2.75, 3.05) is 7.11 Å². The van der Waals surface area contributed by atoms with Gasteiger partial charge in [-0.1, -0.05) is 35.3 Å². The Morgan fingerprint density at radius 2 is 1.90 bits per heavy atom. The van der Waals surface area contributed by atoms with Crippen LogP contribution in [0.1, 0.15) is 11.1 Å². The third-order valence-corrected chi connectivity index (χ3v) is 3.44. The monoisotopic (exact) mass is 323 g/mol. The zero-order chi connectivity index (χ0) is 15.2. The lowest BCUT2D eigenvalue weighted by molar-refractivity contribution is -0.120. The maximum Gasteiger partial charge on any atom is 0.224 e. The summed E-state index contributed by atoms with van der Waals surface area (Å²) in [5, 5.41) is 4.08. The highest BCUT2D eigenvalue weighted by molar-refractivity contribution is 6.31. The lowest BCUT2D eigenvalue weighted by Gasteiger charge is -2.10. The Hall–Kier alpha value is -1.71. The van der Waals surface area contributed by atoms with Gasteiger partial charge in [-0.25, -0.2) is 0 Å². The van der Waals surface area contributed by atoms with Crippen LogP contribution in [0.15, 0.2) is 42.5 Å². The van der Waals surface area contributed by atoms with E-state index in [9.17, 15) is 4.79 Å². The predicted octanol–water partition coefficient (Wildman–Crippen LogP) is 3.86. The number of amides is 1. The van der Waals surface area contributed by atoms with Gasteiger partial charge < -0.3 is 10.1 Å². The van der Waals surface area contributed by atoms with E-state index in [0.717, 1.165) is 11.1 Å². The van der Waals surface area contributed by atoms with Crippen LogP contribution >= 0.6 is 23.2 Å². The van der Waals surface area contributed by atoms with Gasteiger partial charge in [0.25, 0.3) is 0 Å². The van der Waals surface area contributed by atoms with Crippen LogP contribution in [-0.2, 0) is 17.8 Å². The van der Waals surface area contributed by atoms with Crippen LogP contribution in [0.4, 0.5) is 0 Å². The molecule has 0 atom stereocenters. The standard InChI is InChI=1S/C16H15Cl2NO2/c1-21-15-6-5-14(18)8-12(15)9-16(20)19-10-11-3-2-4-13(17)7-11/h2-8H,9-10H2,1H3,(H,19,20). The van der Waals surface area contributed by atoms with Crippen LogP contribution in [-0.4, -0.2) is 13.0 Å². The average Bonchev–Trinajstić information content (AvgIpc) is 2.45. The summed E-state index contributed by atoms with van der Waals surface area (Å²) in [7, 11) is 1.57.